The summed E-state index contributed by atoms with van der Waals surface area (Å²) in [6.45, 7) is 1.93. The van der Waals surface area contributed by atoms with Crippen LogP contribution < -0.4 is 5.32 Å². The minimum atomic E-state index is -0.965. The quantitative estimate of drug-likeness (QED) is 0.743. The van der Waals surface area contributed by atoms with E-state index in [-0.39, 0.29) is 11.5 Å². The van der Waals surface area contributed by atoms with Crippen LogP contribution in [0, 0.1) is 11.8 Å². The Labute approximate surface area is 93.3 Å². The summed E-state index contributed by atoms with van der Waals surface area (Å²) in [5.41, 5.74) is 1.06. The highest BCUT2D eigenvalue weighted by atomic mass is 16.4. The lowest BCUT2D eigenvalue weighted by Gasteiger charge is -2.01. The molecule has 0 heterocycles. The number of aromatic carboxylic acids is 1. The number of carboxylic acid groups (broad SMARTS) is 1. The fraction of sp³-hybridized carbons (Fsp3) is 0.167. The first-order chi connectivity index (χ1) is 7.63. The van der Waals surface area contributed by atoms with Gasteiger partial charge < -0.3 is 10.4 Å². The molecule has 0 unspecified atom stereocenters. The minimum Gasteiger partial charge on any atom is -0.478 e. The van der Waals surface area contributed by atoms with Gasteiger partial charge in [0.1, 0.15) is 0 Å². The maximum absolute atomic E-state index is 11.0. The zero-order chi connectivity index (χ0) is 12.0. The third-order valence-electron chi connectivity index (χ3n) is 1.89. The topological polar surface area (TPSA) is 66.4 Å². The minimum absolute atomic E-state index is 0.225. The molecule has 1 rings (SSSR count). The number of nitrogens with one attached hydrogen (secondary N) is 1. The number of rotatable bonds is 3. The van der Waals surface area contributed by atoms with Gasteiger partial charge in [-0.1, -0.05) is 18.1 Å². The summed E-state index contributed by atoms with van der Waals surface area (Å²) < 4.78 is 0. The number of carbonyl (C=O) groups excluding carboxylic acids is 1. The summed E-state index contributed by atoms with van der Waals surface area (Å²) in [5, 5.41) is 11.3. The smallest absolute Gasteiger partial charge is 0.335 e. The lowest BCUT2D eigenvalue weighted by Crippen LogP contribution is -2.20. The van der Waals surface area contributed by atoms with Gasteiger partial charge in [0.15, 0.2) is 0 Å². The van der Waals surface area contributed by atoms with Crippen LogP contribution in [-0.2, 0) is 11.3 Å². The summed E-state index contributed by atoms with van der Waals surface area (Å²) in [6.07, 6.45) is 0. The largest absolute Gasteiger partial charge is 0.478 e. The predicted octanol–water partition coefficient (Wildman–Crippen LogP) is 1.02. The molecule has 0 aliphatic heterocycles. The van der Waals surface area contributed by atoms with E-state index in [0.29, 0.717) is 6.54 Å². The van der Waals surface area contributed by atoms with Gasteiger partial charge in [-0.3, -0.25) is 4.79 Å². The van der Waals surface area contributed by atoms with Crippen LogP contribution in [0.3, 0.4) is 0 Å². The normalized spacial score (nSPS) is 8.81. The third-order valence-corrected chi connectivity index (χ3v) is 1.89. The summed E-state index contributed by atoms with van der Waals surface area (Å²) >= 11 is 0. The molecule has 0 fully saturated rings. The number of amides is 1. The number of hydrogen-bond donors (Lipinski definition) is 2. The van der Waals surface area contributed by atoms with Crippen LogP contribution in [0.5, 0.6) is 0 Å². The second-order valence-electron chi connectivity index (χ2n) is 3.06. The molecule has 4 heteroatoms. The van der Waals surface area contributed by atoms with Gasteiger partial charge in [0.2, 0.25) is 0 Å². The van der Waals surface area contributed by atoms with Crippen LogP contribution in [0.1, 0.15) is 22.8 Å². The second kappa shape index (κ2) is 5.56. The highest BCUT2D eigenvalue weighted by Crippen LogP contribution is 2.03. The van der Waals surface area contributed by atoms with E-state index >= 15 is 0 Å². The molecule has 82 valence electrons. The molecule has 0 saturated carbocycles. The number of carbonyl (C=O) groups is 2. The van der Waals surface area contributed by atoms with Gasteiger partial charge in [0, 0.05) is 6.54 Å². The molecular weight excluding hydrogens is 206 g/mol. The van der Waals surface area contributed by atoms with Gasteiger partial charge in [-0.2, -0.15) is 0 Å². The van der Waals surface area contributed by atoms with E-state index in [1.54, 1.807) is 19.1 Å². The summed E-state index contributed by atoms with van der Waals surface area (Å²) in [5.74, 6) is 3.53. The lowest BCUT2D eigenvalue weighted by atomic mass is 10.1. The Morgan fingerprint density at radius 3 is 2.44 bits per heavy atom. The molecule has 0 atom stereocenters. The Kier molecular flexibility index (Phi) is 4.10. The molecule has 0 aromatic heterocycles. The van der Waals surface area contributed by atoms with Gasteiger partial charge in [-0.05, 0) is 30.5 Å². The molecule has 0 aliphatic rings. The van der Waals surface area contributed by atoms with E-state index in [1.165, 1.54) is 12.1 Å². The van der Waals surface area contributed by atoms with Crippen LogP contribution >= 0.6 is 0 Å². The van der Waals surface area contributed by atoms with Crippen molar-refractivity contribution in [2.75, 3.05) is 0 Å². The Morgan fingerprint density at radius 2 is 1.94 bits per heavy atom. The van der Waals surface area contributed by atoms with Crippen molar-refractivity contribution in [3.8, 4) is 11.8 Å². The Bertz CT molecular complexity index is 451. The van der Waals surface area contributed by atoms with Crippen molar-refractivity contribution in [1.29, 1.82) is 0 Å². The molecule has 1 aromatic rings. The van der Waals surface area contributed by atoms with Crippen molar-refractivity contribution >= 4 is 11.9 Å². The average molecular weight is 217 g/mol. The first kappa shape index (κ1) is 11.8. The van der Waals surface area contributed by atoms with Gasteiger partial charge in [0.25, 0.3) is 5.91 Å². The molecule has 1 amide bonds. The van der Waals surface area contributed by atoms with E-state index in [2.05, 4.69) is 17.2 Å². The van der Waals surface area contributed by atoms with E-state index in [9.17, 15) is 9.59 Å². The summed E-state index contributed by atoms with van der Waals surface area (Å²) in [7, 11) is 0. The van der Waals surface area contributed by atoms with Gasteiger partial charge >= 0.3 is 5.97 Å². The summed E-state index contributed by atoms with van der Waals surface area (Å²) in [6, 6.07) is 6.30. The van der Waals surface area contributed by atoms with E-state index in [0.717, 1.165) is 5.56 Å². The van der Waals surface area contributed by atoms with E-state index in [4.69, 9.17) is 5.11 Å². The molecule has 0 bridgehead atoms. The Hall–Kier alpha value is -2.28. The zero-order valence-corrected chi connectivity index (χ0v) is 8.78. The van der Waals surface area contributed by atoms with Crippen molar-refractivity contribution in [3.05, 3.63) is 35.4 Å². The maximum Gasteiger partial charge on any atom is 0.335 e. The highest BCUT2D eigenvalue weighted by Gasteiger charge is 2.02. The molecule has 0 saturated heterocycles. The number of hydrogen-bond acceptors (Lipinski definition) is 2. The molecule has 0 spiro atoms. The van der Waals surface area contributed by atoms with Crippen LogP contribution in [-0.4, -0.2) is 17.0 Å². The number of benzene rings is 1. The molecule has 2 N–H and O–H groups in total. The third kappa shape index (κ3) is 3.46. The van der Waals surface area contributed by atoms with Crippen molar-refractivity contribution in [2.24, 2.45) is 0 Å². The SMILES string of the molecule is CC#CC(=O)NCc1ccc(C(=O)O)cc1. The average Bonchev–Trinajstić information content (AvgIpc) is 2.27. The first-order valence-corrected chi connectivity index (χ1v) is 4.66. The molecular formula is C12H11NO3. The highest BCUT2D eigenvalue weighted by molar-refractivity contribution is 5.93. The summed E-state index contributed by atoms with van der Waals surface area (Å²) in [4.78, 5) is 21.6. The molecule has 4 nitrogen and oxygen atoms in total. The van der Waals surface area contributed by atoms with Gasteiger partial charge in [0.05, 0.1) is 5.56 Å². The number of carboxylic acids is 1. The Morgan fingerprint density at radius 1 is 1.31 bits per heavy atom. The second-order valence-corrected chi connectivity index (χ2v) is 3.06. The van der Waals surface area contributed by atoms with Crippen molar-refractivity contribution < 1.29 is 14.7 Å². The first-order valence-electron chi connectivity index (χ1n) is 4.66. The van der Waals surface area contributed by atoms with Crippen LogP contribution in [0.2, 0.25) is 0 Å². The van der Waals surface area contributed by atoms with Crippen molar-refractivity contribution in [3.63, 3.8) is 0 Å². The van der Waals surface area contributed by atoms with Crippen LogP contribution in [0.25, 0.3) is 0 Å². The lowest BCUT2D eigenvalue weighted by molar-refractivity contribution is -0.115. The fourth-order valence-corrected chi connectivity index (χ4v) is 1.11. The molecule has 0 aliphatic carbocycles. The van der Waals surface area contributed by atoms with Gasteiger partial charge in [-0.25, -0.2) is 4.79 Å². The van der Waals surface area contributed by atoms with Gasteiger partial charge in [-0.15, -0.1) is 0 Å². The Balaban J connectivity index is 2.58. The van der Waals surface area contributed by atoms with E-state index < -0.39 is 5.97 Å². The standard InChI is InChI=1S/C12H11NO3/c1-2-3-11(14)13-8-9-4-6-10(7-5-9)12(15)16/h4-7H,8H2,1H3,(H,13,14)(H,15,16). The van der Waals surface area contributed by atoms with E-state index in [1.807, 2.05) is 0 Å². The van der Waals surface area contributed by atoms with Crippen LogP contribution in [0.4, 0.5) is 0 Å². The monoisotopic (exact) mass is 217 g/mol. The van der Waals surface area contributed by atoms with Crippen LogP contribution in [0.15, 0.2) is 24.3 Å². The fourth-order valence-electron chi connectivity index (χ4n) is 1.11. The maximum atomic E-state index is 11.0. The van der Waals surface area contributed by atoms with Crippen molar-refractivity contribution in [2.45, 2.75) is 13.5 Å². The predicted molar refractivity (Wildman–Crippen MR) is 58.7 cm³/mol. The molecule has 16 heavy (non-hydrogen) atoms. The van der Waals surface area contributed by atoms with Crippen molar-refractivity contribution in [1.82, 2.24) is 5.32 Å². The molecule has 1 aromatic carbocycles. The zero-order valence-electron chi connectivity index (χ0n) is 8.78. The molecule has 0 radical (unpaired) electrons.